The van der Waals surface area contributed by atoms with E-state index in [2.05, 4.69) is 4.90 Å². The molecule has 4 rings (SSSR count). The van der Waals surface area contributed by atoms with Gasteiger partial charge in [-0.2, -0.15) is 0 Å². The van der Waals surface area contributed by atoms with E-state index >= 15 is 0 Å². The number of amides is 2. The van der Waals surface area contributed by atoms with Crippen LogP contribution >= 0.6 is 0 Å². The maximum Gasteiger partial charge on any atom is 0.270 e. The van der Waals surface area contributed by atoms with Crippen LogP contribution in [0.3, 0.4) is 0 Å². The summed E-state index contributed by atoms with van der Waals surface area (Å²) in [5, 5.41) is 0. The SMILES string of the molecule is Cn1cccc1C(=O)N1CCC2(CCC(=O)N(C3CC3)C2)CC1. The van der Waals surface area contributed by atoms with Gasteiger partial charge in [0.1, 0.15) is 5.69 Å². The van der Waals surface area contributed by atoms with Crippen LogP contribution in [0.5, 0.6) is 0 Å². The fraction of sp³-hybridized carbons (Fsp3) is 0.667. The Labute approximate surface area is 137 Å². The first-order valence-electron chi connectivity index (χ1n) is 8.78. The van der Waals surface area contributed by atoms with Gasteiger partial charge in [0.25, 0.3) is 5.91 Å². The predicted octanol–water partition coefficient (Wildman–Crippen LogP) is 2.03. The van der Waals surface area contributed by atoms with Crippen LogP contribution in [-0.4, -0.2) is 51.9 Å². The van der Waals surface area contributed by atoms with Crippen molar-refractivity contribution in [3.63, 3.8) is 0 Å². The molecule has 124 valence electrons. The minimum Gasteiger partial charge on any atom is -0.347 e. The second-order valence-electron chi connectivity index (χ2n) is 7.55. The maximum absolute atomic E-state index is 12.6. The van der Waals surface area contributed by atoms with E-state index < -0.39 is 0 Å². The number of nitrogens with zero attached hydrogens (tertiary/aromatic N) is 3. The van der Waals surface area contributed by atoms with E-state index in [1.807, 2.05) is 34.8 Å². The molecule has 0 unspecified atom stereocenters. The van der Waals surface area contributed by atoms with Crippen molar-refractivity contribution in [2.45, 2.75) is 44.6 Å². The molecule has 0 radical (unpaired) electrons. The highest BCUT2D eigenvalue weighted by molar-refractivity contribution is 5.92. The molecule has 0 N–H and O–H groups in total. The Morgan fingerprint density at radius 1 is 1.22 bits per heavy atom. The van der Waals surface area contributed by atoms with Crippen LogP contribution in [0.1, 0.15) is 49.0 Å². The summed E-state index contributed by atoms with van der Waals surface area (Å²) in [7, 11) is 1.92. The minimum absolute atomic E-state index is 0.137. The first-order chi connectivity index (χ1) is 11.1. The molecule has 0 aromatic carbocycles. The zero-order valence-corrected chi connectivity index (χ0v) is 13.8. The number of aryl methyl sites for hydroxylation is 1. The molecule has 1 aromatic heterocycles. The number of piperidine rings is 2. The number of likely N-dealkylation sites (tertiary alicyclic amines) is 2. The predicted molar refractivity (Wildman–Crippen MR) is 87.0 cm³/mol. The standard InChI is InChI=1S/C18H25N3O2/c1-19-10-2-3-15(19)17(23)20-11-8-18(9-12-20)7-6-16(22)21(13-18)14-4-5-14/h2-3,10,14H,4-9,11-13H2,1H3. The summed E-state index contributed by atoms with van der Waals surface area (Å²) in [5.41, 5.74) is 1.01. The highest BCUT2D eigenvalue weighted by atomic mass is 16.2. The Balaban J connectivity index is 1.41. The lowest BCUT2D eigenvalue weighted by Crippen LogP contribution is -2.53. The van der Waals surface area contributed by atoms with Gasteiger partial charge in [-0.1, -0.05) is 0 Å². The van der Waals surface area contributed by atoms with Crippen molar-refractivity contribution in [1.82, 2.24) is 14.4 Å². The van der Waals surface area contributed by atoms with E-state index in [1.54, 1.807) is 0 Å². The normalized spacial score (nSPS) is 24.3. The van der Waals surface area contributed by atoms with Crippen molar-refractivity contribution in [3.8, 4) is 0 Å². The Morgan fingerprint density at radius 2 is 1.96 bits per heavy atom. The van der Waals surface area contributed by atoms with E-state index in [4.69, 9.17) is 0 Å². The Morgan fingerprint density at radius 3 is 2.57 bits per heavy atom. The summed E-state index contributed by atoms with van der Waals surface area (Å²) < 4.78 is 1.89. The zero-order chi connectivity index (χ0) is 16.0. The van der Waals surface area contributed by atoms with E-state index in [1.165, 1.54) is 12.8 Å². The van der Waals surface area contributed by atoms with Crippen LogP contribution in [0, 0.1) is 5.41 Å². The molecule has 3 fully saturated rings. The third-order valence-corrected chi connectivity index (χ3v) is 5.96. The molecule has 1 aliphatic carbocycles. The van der Waals surface area contributed by atoms with Crippen LogP contribution in [0.15, 0.2) is 18.3 Å². The fourth-order valence-electron chi connectivity index (χ4n) is 4.20. The minimum atomic E-state index is 0.137. The molecule has 5 heteroatoms. The average Bonchev–Trinajstić information content (AvgIpc) is 3.31. The highest BCUT2D eigenvalue weighted by Crippen LogP contribution is 2.43. The van der Waals surface area contributed by atoms with Crippen molar-refractivity contribution >= 4 is 11.8 Å². The van der Waals surface area contributed by atoms with Crippen molar-refractivity contribution in [2.24, 2.45) is 12.5 Å². The number of carbonyl (C=O) groups is 2. The Hall–Kier alpha value is -1.78. The summed E-state index contributed by atoms with van der Waals surface area (Å²) in [5.74, 6) is 0.485. The van der Waals surface area contributed by atoms with E-state index in [-0.39, 0.29) is 11.3 Å². The summed E-state index contributed by atoms with van der Waals surface area (Å²) in [6, 6.07) is 4.32. The third-order valence-electron chi connectivity index (χ3n) is 5.96. The topological polar surface area (TPSA) is 45.6 Å². The molecule has 0 bridgehead atoms. The summed E-state index contributed by atoms with van der Waals surface area (Å²) in [6.45, 7) is 2.55. The van der Waals surface area contributed by atoms with Crippen molar-refractivity contribution in [2.75, 3.05) is 19.6 Å². The summed E-state index contributed by atoms with van der Waals surface area (Å²) in [6.07, 6.45) is 8.03. The van der Waals surface area contributed by atoms with Gasteiger partial charge in [-0.3, -0.25) is 9.59 Å². The van der Waals surface area contributed by atoms with Crippen LogP contribution in [0.4, 0.5) is 0 Å². The maximum atomic E-state index is 12.6. The molecule has 3 aliphatic rings. The van der Waals surface area contributed by atoms with Crippen LogP contribution in [0.2, 0.25) is 0 Å². The lowest BCUT2D eigenvalue weighted by atomic mass is 9.72. The lowest BCUT2D eigenvalue weighted by Gasteiger charge is -2.47. The monoisotopic (exact) mass is 315 g/mol. The van der Waals surface area contributed by atoms with Gasteiger partial charge in [-0.05, 0) is 49.7 Å². The molecule has 1 spiro atoms. The van der Waals surface area contributed by atoms with Gasteiger partial charge in [-0.25, -0.2) is 0 Å². The van der Waals surface area contributed by atoms with Gasteiger partial charge in [0.15, 0.2) is 0 Å². The summed E-state index contributed by atoms with van der Waals surface area (Å²) >= 11 is 0. The van der Waals surface area contributed by atoms with E-state index in [9.17, 15) is 9.59 Å². The Kier molecular flexibility index (Phi) is 3.47. The molecule has 1 aromatic rings. The van der Waals surface area contributed by atoms with Gasteiger partial charge < -0.3 is 14.4 Å². The van der Waals surface area contributed by atoms with Gasteiger partial charge in [0.05, 0.1) is 0 Å². The molecule has 2 amide bonds. The first-order valence-corrected chi connectivity index (χ1v) is 8.78. The van der Waals surface area contributed by atoms with Gasteiger partial charge in [0, 0.05) is 45.3 Å². The van der Waals surface area contributed by atoms with E-state index in [0.717, 1.165) is 44.6 Å². The molecular formula is C18H25N3O2. The number of carbonyl (C=O) groups excluding carboxylic acids is 2. The first kappa shape index (κ1) is 14.8. The Bertz CT molecular complexity index is 624. The average molecular weight is 315 g/mol. The molecule has 5 nitrogen and oxygen atoms in total. The van der Waals surface area contributed by atoms with Gasteiger partial charge in [-0.15, -0.1) is 0 Å². The van der Waals surface area contributed by atoms with E-state index in [0.29, 0.717) is 18.4 Å². The second-order valence-corrected chi connectivity index (χ2v) is 7.55. The van der Waals surface area contributed by atoms with Crippen LogP contribution < -0.4 is 0 Å². The second kappa shape index (κ2) is 5.39. The molecule has 3 heterocycles. The number of aromatic nitrogens is 1. The third kappa shape index (κ3) is 2.66. The zero-order valence-electron chi connectivity index (χ0n) is 13.8. The van der Waals surface area contributed by atoms with Crippen molar-refractivity contribution in [1.29, 1.82) is 0 Å². The smallest absolute Gasteiger partial charge is 0.270 e. The van der Waals surface area contributed by atoms with Crippen LogP contribution in [-0.2, 0) is 11.8 Å². The summed E-state index contributed by atoms with van der Waals surface area (Å²) in [4.78, 5) is 28.9. The molecular weight excluding hydrogens is 290 g/mol. The number of hydrogen-bond acceptors (Lipinski definition) is 2. The molecule has 0 atom stereocenters. The molecule has 2 aliphatic heterocycles. The molecule has 1 saturated carbocycles. The van der Waals surface area contributed by atoms with Gasteiger partial charge in [0.2, 0.25) is 5.91 Å². The molecule has 2 saturated heterocycles. The van der Waals surface area contributed by atoms with Crippen LogP contribution in [0.25, 0.3) is 0 Å². The quantitative estimate of drug-likeness (QED) is 0.838. The van der Waals surface area contributed by atoms with Crippen molar-refractivity contribution in [3.05, 3.63) is 24.0 Å². The fourth-order valence-corrected chi connectivity index (χ4v) is 4.20. The highest BCUT2D eigenvalue weighted by Gasteiger charge is 2.45. The molecule has 23 heavy (non-hydrogen) atoms. The number of rotatable bonds is 2. The number of hydrogen-bond donors (Lipinski definition) is 0. The largest absolute Gasteiger partial charge is 0.347 e. The van der Waals surface area contributed by atoms with Gasteiger partial charge >= 0.3 is 0 Å². The lowest BCUT2D eigenvalue weighted by molar-refractivity contribution is -0.139. The van der Waals surface area contributed by atoms with Crippen molar-refractivity contribution < 1.29 is 9.59 Å².